The molecule has 6 nitrogen and oxygen atoms in total. The summed E-state index contributed by atoms with van der Waals surface area (Å²) >= 11 is 1.34. The Morgan fingerprint density at radius 2 is 1.89 bits per heavy atom. The molecule has 0 spiro atoms. The molecule has 0 fully saturated rings. The Labute approximate surface area is 108 Å². The van der Waals surface area contributed by atoms with Crippen molar-refractivity contribution in [3.8, 4) is 0 Å². The van der Waals surface area contributed by atoms with E-state index >= 15 is 0 Å². The zero-order chi connectivity index (χ0) is 13.4. The molecule has 1 heterocycles. The molecule has 0 radical (unpaired) electrons. The van der Waals surface area contributed by atoms with Crippen LogP contribution in [0.4, 0.5) is 5.82 Å². The third-order valence-electron chi connectivity index (χ3n) is 1.72. The fraction of sp³-hybridized carbons (Fsp3) is 0. The van der Waals surface area contributed by atoms with Gasteiger partial charge in [-0.25, -0.2) is 13.4 Å². The Bertz CT molecular complexity index is 567. The van der Waals surface area contributed by atoms with Gasteiger partial charge < -0.3 is 5.11 Å². The fourth-order valence-electron chi connectivity index (χ4n) is 1.06. The lowest BCUT2D eigenvalue weighted by Gasteiger charge is -2.04. The highest BCUT2D eigenvalue weighted by Gasteiger charge is 2.13. The standard InChI is InChI=1S/C9H8N2O2S2.CH2O2/c12-15(13,8-4-2-1-3-5-8)11-9-6-14-7-10-9;2-1-3/h1-7,11H;1H,(H,2,3). The van der Waals surface area contributed by atoms with Crippen molar-refractivity contribution in [1.82, 2.24) is 4.98 Å². The summed E-state index contributed by atoms with van der Waals surface area (Å²) in [5.74, 6) is 0.351. The maximum absolute atomic E-state index is 11.8. The lowest BCUT2D eigenvalue weighted by molar-refractivity contribution is -0.122. The molecule has 0 aliphatic heterocycles. The van der Waals surface area contributed by atoms with Crippen LogP contribution in [0.5, 0.6) is 0 Å². The third kappa shape index (κ3) is 4.15. The summed E-state index contributed by atoms with van der Waals surface area (Å²) in [6, 6.07) is 8.19. The molecule has 0 aliphatic rings. The number of nitrogens with zero attached hydrogens (tertiary/aromatic N) is 1. The van der Waals surface area contributed by atoms with Crippen molar-refractivity contribution in [2.75, 3.05) is 4.72 Å². The molecule has 1 aromatic carbocycles. The second-order valence-electron chi connectivity index (χ2n) is 2.90. The normalized spacial score (nSPS) is 10.0. The predicted octanol–water partition coefficient (Wildman–Crippen LogP) is 1.64. The summed E-state index contributed by atoms with van der Waals surface area (Å²) in [7, 11) is -3.49. The van der Waals surface area contributed by atoms with E-state index in [2.05, 4.69) is 9.71 Å². The van der Waals surface area contributed by atoms with Crippen molar-refractivity contribution in [2.24, 2.45) is 0 Å². The molecule has 2 aromatic rings. The number of hydrogen-bond donors (Lipinski definition) is 2. The van der Waals surface area contributed by atoms with Crippen LogP contribution in [0.15, 0.2) is 46.1 Å². The van der Waals surface area contributed by atoms with Crippen molar-refractivity contribution in [1.29, 1.82) is 0 Å². The Kier molecular flexibility index (Phi) is 5.28. The van der Waals surface area contributed by atoms with E-state index in [0.717, 1.165) is 0 Å². The van der Waals surface area contributed by atoms with Crippen molar-refractivity contribution in [3.63, 3.8) is 0 Å². The van der Waals surface area contributed by atoms with Crippen LogP contribution in [0.1, 0.15) is 0 Å². The number of benzene rings is 1. The van der Waals surface area contributed by atoms with Gasteiger partial charge in [0.15, 0.2) is 5.82 Å². The van der Waals surface area contributed by atoms with Gasteiger partial charge >= 0.3 is 0 Å². The number of sulfonamides is 1. The summed E-state index contributed by atoms with van der Waals surface area (Å²) in [6.45, 7) is -0.250. The minimum atomic E-state index is -3.49. The second kappa shape index (κ2) is 6.72. The van der Waals surface area contributed by atoms with Crippen molar-refractivity contribution in [2.45, 2.75) is 4.90 Å². The van der Waals surface area contributed by atoms with Gasteiger partial charge in [-0.15, -0.1) is 11.3 Å². The first-order chi connectivity index (χ1) is 8.60. The van der Waals surface area contributed by atoms with Gasteiger partial charge in [0.25, 0.3) is 16.5 Å². The highest BCUT2D eigenvalue weighted by molar-refractivity contribution is 7.92. The topological polar surface area (TPSA) is 96.4 Å². The highest BCUT2D eigenvalue weighted by atomic mass is 32.2. The number of carboxylic acid groups (broad SMARTS) is 1. The van der Waals surface area contributed by atoms with Crippen molar-refractivity contribution >= 4 is 33.7 Å². The predicted molar refractivity (Wildman–Crippen MR) is 68.1 cm³/mol. The zero-order valence-corrected chi connectivity index (χ0v) is 10.7. The molecular weight excluding hydrogens is 276 g/mol. The number of carbonyl (C=O) groups is 1. The summed E-state index contributed by atoms with van der Waals surface area (Å²) < 4.78 is 25.9. The number of hydrogen-bond acceptors (Lipinski definition) is 5. The first-order valence-electron chi connectivity index (χ1n) is 4.64. The third-order valence-corrected chi connectivity index (χ3v) is 3.68. The van der Waals surface area contributed by atoms with Crippen LogP contribution in [-0.4, -0.2) is 25.0 Å². The van der Waals surface area contributed by atoms with Crippen LogP contribution < -0.4 is 4.72 Å². The molecule has 96 valence electrons. The lowest BCUT2D eigenvalue weighted by Crippen LogP contribution is -2.12. The SMILES string of the molecule is O=CO.O=S(=O)(Nc1cscn1)c1ccccc1. The van der Waals surface area contributed by atoms with E-state index in [0.29, 0.717) is 5.82 Å². The van der Waals surface area contributed by atoms with Crippen LogP contribution in [0, 0.1) is 0 Å². The van der Waals surface area contributed by atoms with Crippen LogP contribution in [0.2, 0.25) is 0 Å². The van der Waals surface area contributed by atoms with Gasteiger partial charge in [0.2, 0.25) is 0 Å². The summed E-state index contributed by atoms with van der Waals surface area (Å²) in [5, 5.41) is 8.53. The van der Waals surface area contributed by atoms with Crippen molar-refractivity contribution < 1.29 is 18.3 Å². The quantitative estimate of drug-likeness (QED) is 0.836. The lowest BCUT2D eigenvalue weighted by atomic mass is 10.4. The minimum absolute atomic E-state index is 0.234. The largest absolute Gasteiger partial charge is 0.483 e. The van der Waals surface area contributed by atoms with Crippen molar-refractivity contribution in [3.05, 3.63) is 41.2 Å². The van der Waals surface area contributed by atoms with E-state index in [9.17, 15) is 8.42 Å². The molecule has 0 atom stereocenters. The Morgan fingerprint density at radius 1 is 1.28 bits per heavy atom. The van der Waals surface area contributed by atoms with Crippen LogP contribution in [-0.2, 0) is 14.8 Å². The van der Waals surface area contributed by atoms with Gasteiger partial charge in [-0.05, 0) is 12.1 Å². The summed E-state index contributed by atoms with van der Waals surface area (Å²) in [4.78, 5) is 12.5. The minimum Gasteiger partial charge on any atom is -0.483 e. The molecule has 8 heteroatoms. The van der Waals surface area contributed by atoms with Gasteiger partial charge in [0.1, 0.15) is 0 Å². The average molecular weight is 286 g/mol. The summed E-state index contributed by atoms with van der Waals surface area (Å²) in [5.41, 5.74) is 1.57. The Hall–Kier alpha value is -1.93. The molecule has 0 saturated heterocycles. The average Bonchev–Trinajstić information content (AvgIpc) is 2.83. The van der Waals surface area contributed by atoms with Crippen LogP contribution >= 0.6 is 11.3 Å². The smallest absolute Gasteiger partial charge is 0.290 e. The van der Waals surface area contributed by atoms with E-state index in [4.69, 9.17) is 9.90 Å². The Balaban J connectivity index is 0.000000492. The highest BCUT2D eigenvalue weighted by Crippen LogP contribution is 2.14. The number of aromatic nitrogens is 1. The number of thiazole rings is 1. The molecule has 2 N–H and O–H groups in total. The first-order valence-corrected chi connectivity index (χ1v) is 7.06. The van der Waals surface area contributed by atoms with Crippen LogP contribution in [0.25, 0.3) is 0 Å². The molecule has 0 bridgehead atoms. The molecule has 0 aliphatic carbocycles. The van der Waals surface area contributed by atoms with E-state index in [1.165, 1.54) is 23.5 Å². The molecule has 2 rings (SSSR count). The van der Waals surface area contributed by atoms with E-state index in [1.807, 2.05) is 0 Å². The van der Waals surface area contributed by atoms with E-state index in [-0.39, 0.29) is 11.4 Å². The van der Waals surface area contributed by atoms with Crippen LogP contribution in [0.3, 0.4) is 0 Å². The molecule has 1 aromatic heterocycles. The Morgan fingerprint density at radius 3 is 2.39 bits per heavy atom. The second-order valence-corrected chi connectivity index (χ2v) is 5.30. The molecule has 0 saturated carbocycles. The molecule has 0 amide bonds. The van der Waals surface area contributed by atoms with E-state index < -0.39 is 10.0 Å². The van der Waals surface area contributed by atoms with Gasteiger partial charge in [-0.3, -0.25) is 9.52 Å². The number of nitrogens with one attached hydrogen (secondary N) is 1. The maximum atomic E-state index is 11.8. The van der Waals surface area contributed by atoms with Gasteiger partial charge in [0, 0.05) is 5.38 Å². The molecular formula is C10H10N2O4S2. The first kappa shape index (κ1) is 14.1. The monoisotopic (exact) mass is 286 g/mol. The summed E-state index contributed by atoms with van der Waals surface area (Å²) in [6.07, 6.45) is 0. The fourth-order valence-corrected chi connectivity index (χ4v) is 2.64. The molecule has 18 heavy (non-hydrogen) atoms. The zero-order valence-electron chi connectivity index (χ0n) is 9.05. The van der Waals surface area contributed by atoms with Gasteiger partial charge in [-0.1, -0.05) is 18.2 Å². The van der Waals surface area contributed by atoms with Gasteiger partial charge in [0.05, 0.1) is 10.4 Å². The number of anilines is 1. The van der Waals surface area contributed by atoms with E-state index in [1.54, 1.807) is 29.1 Å². The maximum Gasteiger partial charge on any atom is 0.290 e. The molecule has 0 unspecified atom stereocenters. The van der Waals surface area contributed by atoms with Gasteiger partial charge in [-0.2, -0.15) is 0 Å². The number of rotatable bonds is 3.